The predicted octanol–water partition coefficient (Wildman–Crippen LogP) is 3.35. The number of phenols is 5. The van der Waals surface area contributed by atoms with E-state index < -0.39 is 23.0 Å². The molecular formula is C21H14O6. The molecule has 0 amide bonds. The van der Waals surface area contributed by atoms with Gasteiger partial charge in [0.05, 0.1) is 11.1 Å². The maximum Gasteiger partial charge on any atom is 0.201 e. The van der Waals surface area contributed by atoms with Crippen LogP contribution in [-0.2, 0) is 0 Å². The molecule has 0 unspecified atom stereocenters. The van der Waals surface area contributed by atoms with Crippen LogP contribution in [0.5, 0.6) is 28.7 Å². The van der Waals surface area contributed by atoms with Crippen molar-refractivity contribution in [1.29, 1.82) is 0 Å². The third-order valence-corrected chi connectivity index (χ3v) is 4.52. The van der Waals surface area contributed by atoms with Gasteiger partial charge in [-0.25, -0.2) is 0 Å². The summed E-state index contributed by atoms with van der Waals surface area (Å²) in [6.45, 7) is 0. The van der Waals surface area contributed by atoms with Gasteiger partial charge in [-0.3, -0.25) is 4.79 Å². The number of hydrogen-bond acceptors (Lipinski definition) is 6. The normalized spacial score (nSPS) is 12.4. The lowest BCUT2D eigenvalue weighted by atomic mass is 9.80. The molecule has 3 aromatic rings. The molecule has 6 heteroatoms. The van der Waals surface area contributed by atoms with Crippen LogP contribution in [0.1, 0.15) is 32.6 Å². The summed E-state index contributed by atoms with van der Waals surface area (Å²) in [4.78, 5) is 12.8. The van der Waals surface area contributed by atoms with E-state index in [0.29, 0.717) is 22.3 Å². The standard InChI is InChI=1S/C21H14O6/c22-14-5-1-3-11-13(7-10-8-16(24)20(26)17(25)9-10)12-4-2-6-15(23)19(12)21(27)18(11)14/h1-9,22-26H. The highest BCUT2D eigenvalue weighted by Gasteiger charge is 2.31. The van der Waals surface area contributed by atoms with E-state index in [1.54, 1.807) is 30.3 Å². The molecule has 5 N–H and O–H groups in total. The predicted molar refractivity (Wildman–Crippen MR) is 98.1 cm³/mol. The number of carbonyl (C=O) groups is 1. The minimum absolute atomic E-state index is 0.0602. The van der Waals surface area contributed by atoms with Crippen molar-refractivity contribution in [3.8, 4) is 28.7 Å². The Morgan fingerprint density at radius 1 is 0.667 bits per heavy atom. The fraction of sp³-hybridized carbons (Fsp3) is 0. The monoisotopic (exact) mass is 362 g/mol. The van der Waals surface area contributed by atoms with Gasteiger partial charge in [0.25, 0.3) is 0 Å². The van der Waals surface area contributed by atoms with Crippen LogP contribution in [0.4, 0.5) is 0 Å². The van der Waals surface area contributed by atoms with Crippen molar-refractivity contribution in [2.45, 2.75) is 0 Å². The number of carbonyl (C=O) groups excluding carboxylic acids is 1. The van der Waals surface area contributed by atoms with Gasteiger partial charge in [0.15, 0.2) is 17.2 Å². The molecule has 1 aliphatic rings. The summed E-state index contributed by atoms with van der Waals surface area (Å²) < 4.78 is 0. The number of aromatic hydroxyl groups is 5. The van der Waals surface area contributed by atoms with Gasteiger partial charge >= 0.3 is 0 Å². The van der Waals surface area contributed by atoms with Gasteiger partial charge in [-0.2, -0.15) is 0 Å². The zero-order chi connectivity index (χ0) is 19.3. The summed E-state index contributed by atoms with van der Waals surface area (Å²) in [6.07, 6.45) is 1.59. The third kappa shape index (κ3) is 2.46. The first-order valence-corrected chi connectivity index (χ1v) is 8.04. The molecule has 0 fully saturated rings. The lowest BCUT2D eigenvalue weighted by Gasteiger charge is -2.23. The number of ketones is 1. The molecule has 134 valence electrons. The fourth-order valence-electron chi connectivity index (χ4n) is 3.31. The average molecular weight is 362 g/mol. The number of rotatable bonds is 1. The Hall–Kier alpha value is -3.93. The number of phenolic OH excluding ortho intramolecular Hbond substituents is 5. The molecule has 27 heavy (non-hydrogen) atoms. The molecule has 6 nitrogen and oxygen atoms in total. The van der Waals surface area contributed by atoms with Crippen molar-refractivity contribution < 1.29 is 30.3 Å². The Labute approximate surface area is 153 Å². The van der Waals surface area contributed by atoms with E-state index in [9.17, 15) is 30.3 Å². The highest BCUT2D eigenvalue weighted by atomic mass is 16.3. The summed E-state index contributed by atoms with van der Waals surface area (Å²) in [6, 6.07) is 11.8. The molecule has 3 aromatic carbocycles. The van der Waals surface area contributed by atoms with E-state index in [4.69, 9.17) is 0 Å². The second-order valence-corrected chi connectivity index (χ2v) is 6.19. The van der Waals surface area contributed by atoms with E-state index in [-0.39, 0.29) is 22.6 Å². The molecule has 0 atom stereocenters. The van der Waals surface area contributed by atoms with E-state index >= 15 is 0 Å². The molecule has 4 rings (SSSR count). The molecule has 0 heterocycles. The van der Waals surface area contributed by atoms with Gasteiger partial charge in [-0.15, -0.1) is 0 Å². The molecule has 0 saturated carbocycles. The Balaban J connectivity index is 2.05. The van der Waals surface area contributed by atoms with Crippen LogP contribution >= 0.6 is 0 Å². The SMILES string of the molecule is O=C1c2c(O)cccc2C(=Cc2cc(O)c(O)c(O)c2)c2cccc(O)c21. The van der Waals surface area contributed by atoms with Crippen molar-refractivity contribution in [2.75, 3.05) is 0 Å². The summed E-state index contributed by atoms with van der Waals surface area (Å²) in [5.74, 6) is -2.55. The zero-order valence-corrected chi connectivity index (χ0v) is 13.8. The first-order valence-electron chi connectivity index (χ1n) is 8.04. The van der Waals surface area contributed by atoms with Crippen LogP contribution in [0.25, 0.3) is 11.6 Å². The van der Waals surface area contributed by atoms with Gasteiger partial charge in [0.1, 0.15) is 11.5 Å². The largest absolute Gasteiger partial charge is 0.507 e. The van der Waals surface area contributed by atoms with Crippen molar-refractivity contribution in [3.05, 3.63) is 76.3 Å². The molecule has 1 aliphatic carbocycles. The fourth-order valence-corrected chi connectivity index (χ4v) is 3.31. The van der Waals surface area contributed by atoms with Gasteiger partial charge in [-0.1, -0.05) is 24.3 Å². The van der Waals surface area contributed by atoms with Crippen molar-refractivity contribution >= 4 is 17.4 Å². The van der Waals surface area contributed by atoms with Gasteiger partial charge in [-0.05, 0) is 52.6 Å². The average Bonchev–Trinajstić information content (AvgIpc) is 2.62. The molecule has 0 radical (unpaired) electrons. The van der Waals surface area contributed by atoms with Gasteiger partial charge < -0.3 is 25.5 Å². The second kappa shape index (κ2) is 5.81. The maximum absolute atomic E-state index is 12.8. The minimum atomic E-state index is -0.632. The van der Waals surface area contributed by atoms with Crippen LogP contribution in [0, 0.1) is 0 Å². The zero-order valence-electron chi connectivity index (χ0n) is 13.8. The summed E-state index contributed by atoms with van der Waals surface area (Å²) in [7, 11) is 0. The molecule has 0 saturated heterocycles. The second-order valence-electron chi connectivity index (χ2n) is 6.19. The van der Waals surface area contributed by atoms with Crippen LogP contribution in [0.2, 0.25) is 0 Å². The third-order valence-electron chi connectivity index (χ3n) is 4.52. The van der Waals surface area contributed by atoms with Crippen molar-refractivity contribution in [3.63, 3.8) is 0 Å². The van der Waals surface area contributed by atoms with Crippen molar-refractivity contribution in [2.24, 2.45) is 0 Å². The van der Waals surface area contributed by atoms with Crippen LogP contribution in [0.3, 0.4) is 0 Å². The summed E-state index contributed by atoms with van der Waals surface area (Å²) in [5, 5.41) is 49.5. The number of hydrogen-bond donors (Lipinski definition) is 5. The Morgan fingerprint density at radius 3 is 1.63 bits per heavy atom. The van der Waals surface area contributed by atoms with Gasteiger partial charge in [0, 0.05) is 0 Å². The van der Waals surface area contributed by atoms with E-state index in [0.717, 1.165) is 0 Å². The van der Waals surface area contributed by atoms with Crippen LogP contribution in [0.15, 0.2) is 48.5 Å². The molecule has 0 aliphatic heterocycles. The molecule has 0 aromatic heterocycles. The van der Waals surface area contributed by atoms with Gasteiger partial charge in [0.2, 0.25) is 5.78 Å². The van der Waals surface area contributed by atoms with E-state index in [1.807, 2.05) is 0 Å². The summed E-state index contributed by atoms with van der Waals surface area (Å²) in [5.41, 5.74) is 1.89. The summed E-state index contributed by atoms with van der Waals surface area (Å²) >= 11 is 0. The topological polar surface area (TPSA) is 118 Å². The lowest BCUT2D eigenvalue weighted by molar-refractivity contribution is 0.103. The van der Waals surface area contributed by atoms with Crippen LogP contribution < -0.4 is 0 Å². The van der Waals surface area contributed by atoms with E-state index in [1.165, 1.54) is 24.3 Å². The first-order chi connectivity index (χ1) is 12.9. The minimum Gasteiger partial charge on any atom is -0.507 e. The Kier molecular flexibility index (Phi) is 3.56. The number of benzene rings is 3. The first kappa shape index (κ1) is 16.5. The van der Waals surface area contributed by atoms with Crippen molar-refractivity contribution in [1.82, 2.24) is 0 Å². The highest BCUT2D eigenvalue weighted by Crippen LogP contribution is 2.44. The quantitative estimate of drug-likeness (QED) is 0.331. The number of fused-ring (bicyclic) bond motifs is 2. The Morgan fingerprint density at radius 2 is 1.15 bits per heavy atom. The van der Waals surface area contributed by atoms with Crippen LogP contribution in [-0.4, -0.2) is 31.3 Å². The molecular weight excluding hydrogens is 348 g/mol. The lowest BCUT2D eigenvalue weighted by Crippen LogP contribution is -2.14. The molecule has 0 spiro atoms. The Bertz CT molecular complexity index is 1060. The smallest absolute Gasteiger partial charge is 0.201 e. The highest BCUT2D eigenvalue weighted by molar-refractivity contribution is 6.22. The maximum atomic E-state index is 12.8. The van der Waals surface area contributed by atoms with E-state index in [2.05, 4.69) is 0 Å². The molecule has 0 bridgehead atoms.